The molecule has 1 aromatic carbocycles. The fraction of sp³-hybridized carbons (Fsp3) is 0.308. The van der Waals surface area contributed by atoms with Gasteiger partial charge in [0.2, 0.25) is 0 Å². The molecule has 0 aliphatic carbocycles. The predicted octanol–water partition coefficient (Wildman–Crippen LogP) is 1.58. The monoisotopic (exact) mass is 248 g/mol. The van der Waals surface area contributed by atoms with E-state index in [1.165, 1.54) is 6.07 Å². The normalized spacial score (nSPS) is 17.7. The van der Waals surface area contributed by atoms with Gasteiger partial charge in [-0.1, -0.05) is 0 Å². The van der Waals surface area contributed by atoms with Crippen LogP contribution in [0.5, 0.6) is 11.5 Å². The van der Waals surface area contributed by atoms with Crippen molar-refractivity contribution in [2.75, 3.05) is 20.3 Å². The molecule has 2 aromatic rings. The Morgan fingerprint density at radius 1 is 1.33 bits per heavy atom. The van der Waals surface area contributed by atoms with Gasteiger partial charge in [-0.25, -0.2) is 4.79 Å². The summed E-state index contributed by atoms with van der Waals surface area (Å²) in [6.07, 6.45) is 0.180. The topological polar surface area (TPSA) is 61.2 Å². The molecule has 2 heterocycles. The summed E-state index contributed by atoms with van der Waals surface area (Å²) in [6.45, 7) is 1.24. The predicted molar refractivity (Wildman–Crippen MR) is 64.3 cm³/mol. The lowest BCUT2D eigenvalue weighted by atomic mass is 10.2. The van der Waals surface area contributed by atoms with Crippen molar-refractivity contribution in [2.24, 2.45) is 0 Å². The maximum atomic E-state index is 11.1. The zero-order chi connectivity index (χ0) is 12.5. The highest BCUT2D eigenvalue weighted by Crippen LogP contribution is 2.32. The number of benzene rings is 1. The fourth-order valence-electron chi connectivity index (χ4n) is 1.70. The summed E-state index contributed by atoms with van der Waals surface area (Å²) in [5.74, 6) is 1.16. The van der Waals surface area contributed by atoms with Gasteiger partial charge in [-0.3, -0.25) is 0 Å². The van der Waals surface area contributed by atoms with Crippen LogP contribution in [0.15, 0.2) is 33.5 Å². The summed E-state index contributed by atoms with van der Waals surface area (Å²) >= 11 is 0. The second-order valence-electron chi connectivity index (χ2n) is 4.06. The molecule has 1 aliphatic rings. The number of hydrogen-bond acceptors (Lipinski definition) is 5. The molecule has 5 heteroatoms. The minimum absolute atomic E-state index is 0.180. The standard InChI is InChI=1S/C13H12O5/c1-15-11-5-10-8(2-3-13(14)18-10)4-12(11)17-7-9-6-16-9/h2-5,9H,6-7H2,1H3. The average Bonchev–Trinajstić information content (AvgIpc) is 3.19. The maximum absolute atomic E-state index is 11.1. The number of ether oxygens (including phenoxy) is 3. The Balaban J connectivity index is 1.99. The molecule has 1 aromatic heterocycles. The molecule has 18 heavy (non-hydrogen) atoms. The van der Waals surface area contributed by atoms with Crippen molar-refractivity contribution in [1.29, 1.82) is 0 Å². The van der Waals surface area contributed by atoms with Crippen molar-refractivity contribution in [3.05, 3.63) is 34.7 Å². The van der Waals surface area contributed by atoms with E-state index < -0.39 is 0 Å². The van der Waals surface area contributed by atoms with E-state index in [9.17, 15) is 4.79 Å². The number of epoxide rings is 1. The molecule has 0 bridgehead atoms. The highest BCUT2D eigenvalue weighted by Gasteiger charge is 2.23. The van der Waals surface area contributed by atoms with Crippen LogP contribution in [0, 0.1) is 0 Å². The van der Waals surface area contributed by atoms with Gasteiger partial charge in [0.1, 0.15) is 18.3 Å². The molecule has 1 aliphatic heterocycles. The highest BCUT2D eigenvalue weighted by atomic mass is 16.6. The van der Waals surface area contributed by atoms with Crippen LogP contribution in [-0.2, 0) is 4.74 Å². The zero-order valence-electron chi connectivity index (χ0n) is 9.84. The maximum Gasteiger partial charge on any atom is 0.336 e. The van der Waals surface area contributed by atoms with Gasteiger partial charge < -0.3 is 18.6 Å². The van der Waals surface area contributed by atoms with Crippen LogP contribution in [0.2, 0.25) is 0 Å². The summed E-state index contributed by atoms with van der Waals surface area (Å²) in [4.78, 5) is 11.1. The van der Waals surface area contributed by atoms with Crippen LogP contribution in [0.25, 0.3) is 11.0 Å². The Bertz CT molecular complexity index is 627. The van der Waals surface area contributed by atoms with Crippen molar-refractivity contribution in [2.45, 2.75) is 6.10 Å². The summed E-state index contributed by atoms with van der Waals surface area (Å²) in [5, 5.41) is 0.794. The molecule has 3 rings (SSSR count). The number of fused-ring (bicyclic) bond motifs is 1. The molecule has 0 N–H and O–H groups in total. The van der Waals surface area contributed by atoms with Crippen molar-refractivity contribution < 1.29 is 18.6 Å². The van der Waals surface area contributed by atoms with Crippen LogP contribution in [-0.4, -0.2) is 26.4 Å². The molecule has 1 saturated heterocycles. The van der Waals surface area contributed by atoms with Gasteiger partial charge >= 0.3 is 5.63 Å². The Morgan fingerprint density at radius 2 is 2.17 bits per heavy atom. The molecule has 0 amide bonds. The van der Waals surface area contributed by atoms with Crippen LogP contribution < -0.4 is 15.1 Å². The van der Waals surface area contributed by atoms with E-state index in [-0.39, 0.29) is 11.7 Å². The van der Waals surface area contributed by atoms with Gasteiger partial charge in [0.15, 0.2) is 11.5 Å². The van der Waals surface area contributed by atoms with Gasteiger partial charge in [-0.2, -0.15) is 0 Å². The van der Waals surface area contributed by atoms with Crippen molar-refractivity contribution in [3.63, 3.8) is 0 Å². The smallest absolute Gasteiger partial charge is 0.336 e. The molecule has 1 unspecified atom stereocenters. The summed E-state index contributed by atoms with van der Waals surface area (Å²) in [7, 11) is 1.54. The van der Waals surface area contributed by atoms with Crippen LogP contribution >= 0.6 is 0 Å². The lowest BCUT2D eigenvalue weighted by molar-refractivity contribution is 0.252. The lowest BCUT2D eigenvalue weighted by Gasteiger charge is -2.10. The van der Waals surface area contributed by atoms with Crippen molar-refractivity contribution >= 4 is 11.0 Å². The third kappa shape index (κ3) is 2.17. The Morgan fingerprint density at radius 3 is 2.89 bits per heavy atom. The van der Waals surface area contributed by atoms with Gasteiger partial charge in [0, 0.05) is 17.5 Å². The summed E-state index contributed by atoms with van der Waals surface area (Å²) < 4.78 is 21.0. The lowest BCUT2D eigenvalue weighted by Crippen LogP contribution is -2.05. The molecule has 5 nitrogen and oxygen atoms in total. The van der Waals surface area contributed by atoms with E-state index in [0.29, 0.717) is 23.7 Å². The number of methoxy groups -OCH3 is 1. The van der Waals surface area contributed by atoms with Gasteiger partial charge in [0.25, 0.3) is 0 Å². The molecule has 0 saturated carbocycles. The van der Waals surface area contributed by atoms with Crippen LogP contribution in [0.4, 0.5) is 0 Å². The fourth-order valence-corrected chi connectivity index (χ4v) is 1.70. The largest absolute Gasteiger partial charge is 0.493 e. The second-order valence-corrected chi connectivity index (χ2v) is 4.06. The molecule has 0 spiro atoms. The van der Waals surface area contributed by atoms with Crippen LogP contribution in [0.1, 0.15) is 0 Å². The molecular formula is C13H12O5. The Labute approximate surface area is 103 Å². The molecular weight excluding hydrogens is 236 g/mol. The van der Waals surface area contributed by atoms with Crippen molar-refractivity contribution in [3.8, 4) is 11.5 Å². The van der Waals surface area contributed by atoms with E-state index in [0.717, 1.165) is 12.0 Å². The first-order chi connectivity index (χ1) is 8.76. The van der Waals surface area contributed by atoms with E-state index in [1.54, 1.807) is 25.3 Å². The van der Waals surface area contributed by atoms with E-state index in [2.05, 4.69) is 0 Å². The average molecular weight is 248 g/mol. The quantitative estimate of drug-likeness (QED) is 0.607. The number of rotatable bonds is 4. The van der Waals surface area contributed by atoms with E-state index >= 15 is 0 Å². The van der Waals surface area contributed by atoms with Crippen molar-refractivity contribution in [1.82, 2.24) is 0 Å². The Hall–Kier alpha value is -2.01. The minimum atomic E-state index is -0.385. The summed E-state index contributed by atoms with van der Waals surface area (Å²) in [6, 6.07) is 6.52. The molecule has 1 fully saturated rings. The van der Waals surface area contributed by atoms with Gasteiger partial charge in [-0.15, -0.1) is 0 Å². The first kappa shape index (κ1) is 11.1. The third-order valence-electron chi connectivity index (χ3n) is 2.73. The third-order valence-corrected chi connectivity index (χ3v) is 2.73. The van der Waals surface area contributed by atoms with Gasteiger partial charge in [-0.05, 0) is 12.1 Å². The number of hydrogen-bond donors (Lipinski definition) is 0. The second kappa shape index (κ2) is 4.34. The summed E-state index contributed by atoms with van der Waals surface area (Å²) in [5.41, 5.74) is 0.0963. The van der Waals surface area contributed by atoms with Gasteiger partial charge in [0.05, 0.1) is 13.7 Å². The highest BCUT2D eigenvalue weighted by molar-refractivity contribution is 5.80. The molecule has 1 atom stereocenters. The van der Waals surface area contributed by atoms with Crippen LogP contribution in [0.3, 0.4) is 0 Å². The SMILES string of the molecule is COc1cc2oc(=O)ccc2cc1OCC1CO1. The first-order valence-corrected chi connectivity index (χ1v) is 5.62. The minimum Gasteiger partial charge on any atom is -0.493 e. The molecule has 94 valence electrons. The zero-order valence-corrected chi connectivity index (χ0v) is 9.84. The van der Waals surface area contributed by atoms with E-state index in [1.807, 2.05) is 0 Å². The molecule has 0 radical (unpaired) electrons. The van der Waals surface area contributed by atoms with E-state index in [4.69, 9.17) is 18.6 Å². The first-order valence-electron chi connectivity index (χ1n) is 5.62. The Kier molecular flexibility index (Phi) is 2.68.